The number of rotatable bonds is 4. The van der Waals surface area contributed by atoms with Crippen molar-refractivity contribution in [3.05, 3.63) is 39.8 Å². The van der Waals surface area contributed by atoms with Crippen LogP contribution in [-0.2, 0) is 4.79 Å². The molecular formula is C15H19N3OS. The largest absolute Gasteiger partial charge is 0.378 e. The number of carbonyl (C=O) groups is 1. The van der Waals surface area contributed by atoms with E-state index in [1.54, 1.807) is 11.3 Å². The molecule has 20 heavy (non-hydrogen) atoms. The van der Waals surface area contributed by atoms with Crippen LogP contribution in [0.4, 0.5) is 11.4 Å². The first-order valence-corrected chi connectivity index (χ1v) is 7.35. The van der Waals surface area contributed by atoms with Gasteiger partial charge in [0.2, 0.25) is 5.91 Å². The second-order valence-corrected chi connectivity index (χ2v) is 6.05. The zero-order valence-electron chi connectivity index (χ0n) is 12.2. The van der Waals surface area contributed by atoms with Crippen molar-refractivity contribution in [2.24, 2.45) is 0 Å². The zero-order chi connectivity index (χ0) is 14.7. The number of aromatic nitrogens is 1. The molecule has 0 fully saturated rings. The Hall–Kier alpha value is -1.88. The highest BCUT2D eigenvalue weighted by Gasteiger charge is 2.12. The average molecular weight is 289 g/mol. The third-order valence-corrected chi connectivity index (χ3v) is 4.15. The van der Waals surface area contributed by atoms with Gasteiger partial charge in [-0.05, 0) is 39.0 Å². The number of carbonyl (C=O) groups excluding carboxylic acids is 1. The Morgan fingerprint density at radius 2 is 2.00 bits per heavy atom. The van der Waals surface area contributed by atoms with Crippen LogP contribution in [0.3, 0.4) is 0 Å². The molecule has 4 nitrogen and oxygen atoms in total. The molecule has 106 valence electrons. The third-order valence-electron chi connectivity index (χ3n) is 2.90. The van der Waals surface area contributed by atoms with Crippen molar-refractivity contribution in [1.29, 1.82) is 0 Å². The van der Waals surface area contributed by atoms with E-state index in [-0.39, 0.29) is 11.9 Å². The summed E-state index contributed by atoms with van der Waals surface area (Å²) >= 11 is 1.71. The molecule has 1 amide bonds. The zero-order valence-corrected chi connectivity index (χ0v) is 13.0. The molecule has 2 aromatic rings. The fourth-order valence-electron chi connectivity index (χ4n) is 2.15. The van der Waals surface area contributed by atoms with Gasteiger partial charge in [0.05, 0.1) is 16.7 Å². The number of nitrogens with zero attached hydrogens (tertiary/aromatic N) is 1. The Morgan fingerprint density at radius 1 is 1.30 bits per heavy atom. The molecule has 2 N–H and O–H groups in total. The van der Waals surface area contributed by atoms with Crippen molar-refractivity contribution < 1.29 is 4.79 Å². The van der Waals surface area contributed by atoms with Gasteiger partial charge in [0.15, 0.2) is 0 Å². The number of nitrogens with one attached hydrogen (secondary N) is 2. The average Bonchev–Trinajstić information content (AvgIpc) is 2.68. The molecule has 0 saturated carbocycles. The third kappa shape index (κ3) is 3.57. The van der Waals surface area contributed by atoms with E-state index in [4.69, 9.17) is 0 Å². The first-order valence-electron chi connectivity index (χ1n) is 6.54. The summed E-state index contributed by atoms with van der Waals surface area (Å²) in [6.07, 6.45) is 0. The summed E-state index contributed by atoms with van der Waals surface area (Å²) in [5.74, 6) is -0.0656. The Balaban J connectivity index is 2.13. The second kappa shape index (κ2) is 6.05. The van der Waals surface area contributed by atoms with Gasteiger partial charge in [-0.3, -0.25) is 4.79 Å². The summed E-state index contributed by atoms with van der Waals surface area (Å²) in [5, 5.41) is 7.31. The SMILES string of the molecule is CC(=O)Nc1cccc(NC(C)c2sc(C)nc2C)c1. The van der Waals surface area contributed by atoms with Gasteiger partial charge < -0.3 is 10.6 Å². The normalized spacial score (nSPS) is 12.0. The predicted octanol–water partition coefficient (Wildman–Crippen LogP) is 3.89. The second-order valence-electron chi connectivity index (χ2n) is 4.81. The van der Waals surface area contributed by atoms with Gasteiger partial charge in [-0.1, -0.05) is 6.07 Å². The lowest BCUT2D eigenvalue weighted by atomic mass is 10.2. The minimum Gasteiger partial charge on any atom is -0.378 e. The number of thiazole rings is 1. The van der Waals surface area contributed by atoms with Crippen molar-refractivity contribution in [1.82, 2.24) is 4.98 Å². The van der Waals surface area contributed by atoms with Gasteiger partial charge in [-0.2, -0.15) is 0 Å². The van der Waals surface area contributed by atoms with Crippen molar-refractivity contribution in [2.45, 2.75) is 33.7 Å². The number of aryl methyl sites for hydroxylation is 2. The fraction of sp³-hybridized carbons (Fsp3) is 0.333. The molecule has 2 rings (SSSR count). The molecule has 1 atom stereocenters. The summed E-state index contributed by atoms with van der Waals surface area (Å²) in [7, 11) is 0. The van der Waals surface area contributed by atoms with Gasteiger partial charge in [0.1, 0.15) is 0 Å². The maximum absolute atomic E-state index is 11.1. The van der Waals surface area contributed by atoms with Crippen LogP contribution in [0.2, 0.25) is 0 Å². The van der Waals surface area contributed by atoms with Crippen molar-refractivity contribution in [3.63, 3.8) is 0 Å². The highest BCUT2D eigenvalue weighted by Crippen LogP contribution is 2.28. The van der Waals surface area contributed by atoms with Crippen LogP contribution in [0.25, 0.3) is 0 Å². The molecule has 0 radical (unpaired) electrons. The van der Waals surface area contributed by atoms with Gasteiger partial charge in [-0.25, -0.2) is 4.98 Å². The quantitative estimate of drug-likeness (QED) is 0.897. The van der Waals surface area contributed by atoms with E-state index < -0.39 is 0 Å². The molecule has 1 heterocycles. The standard InChI is InChI=1S/C15H19N3OS/c1-9-15(20-12(4)16-9)10(2)17-13-6-5-7-14(8-13)18-11(3)19/h5-8,10,17H,1-4H3,(H,18,19). The number of benzene rings is 1. The number of anilines is 2. The van der Waals surface area contributed by atoms with Gasteiger partial charge in [0.25, 0.3) is 0 Å². The van der Waals surface area contributed by atoms with Crippen LogP contribution >= 0.6 is 11.3 Å². The Labute approximate surface area is 123 Å². The summed E-state index contributed by atoms with van der Waals surface area (Å²) in [6.45, 7) is 7.67. The highest BCUT2D eigenvalue weighted by atomic mass is 32.1. The van der Waals surface area contributed by atoms with Crippen molar-refractivity contribution in [3.8, 4) is 0 Å². The van der Waals surface area contributed by atoms with E-state index in [2.05, 4.69) is 22.5 Å². The van der Waals surface area contributed by atoms with E-state index in [9.17, 15) is 4.79 Å². The van der Waals surface area contributed by atoms with Gasteiger partial charge in [0, 0.05) is 23.2 Å². The molecule has 0 aliphatic carbocycles. The topological polar surface area (TPSA) is 54.0 Å². The van der Waals surface area contributed by atoms with Crippen LogP contribution in [0, 0.1) is 13.8 Å². The van der Waals surface area contributed by atoms with E-state index in [0.717, 1.165) is 22.1 Å². The highest BCUT2D eigenvalue weighted by molar-refractivity contribution is 7.11. The molecule has 5 heteroatoms. The van der Waals surface area contributed by atoms with Crippen LogP contribution in [-0.4, -0.2) is 10.9 Å². The van der Waals surface area contributed by atoms with Crippen LogP contribution in [0.1, 0.15) is 35.5 Å². The Morgan fingerprint density at radius 3 is 2.60 bits per heavy atom. The van der Waals surface area contributed by atoms with E-state index in [1.165, 1.54) is 11.8 Å². The summed E-state index contributed by atoms with van der Waals surface area (Å²) in [4.78, 5) is 16.8. The van der Waals surface area contributed by atoms with Crippen molar-refractivity contribution >= 4 is 28.6 Å². The lowest BCUT2D eigenvalue weighted by molar-refractivity contribution is -0.114. The van der Waals surface area contributed by atoms with E-state index >= 15 is 0 Å². The lowest BCUT2D eigenvalue weighted by Gasteiger charge is -2.15. The molecule has 0 aliphatic rings. The number of amides is 1. The molecule has 0 aliphatic heterocycles. The van der Waals surface area contributed by atoms with Gasteiger partial charge >= 0.3 is 0 Å². The minimum absolute atomic E-state index is 0.0656. The molecule has 1 unspecified atom stereocenters. The van der Waals surface area contributed by atoms with Crippen molar-refractivity contribution in [2.75, 3.05) is 10.6 Å². The molecule has 0 bridgehead atoms. The molecule has 0 saturated heterocycles. The first-order chi connectivity index (χ1) is 9.45. The number of hydrogen-bond acceptors (Lipinski definition) is 4. The minimum atomic E-state index is -0.0656. The summed E-state index contributed by atoms with van der Waals surface area (Å²) < 4.78 is 0. The van der Waals surface area contributed by atoms with Crippen LogP contribution < -0.4 is 10.6 Å². The number of hydrogen-bond donors (Lipinski definition) is 2. The van der Waals surface area contributed by atoms with Crippen LogP contribution in [0.5, 0.6) is 0 Å². The molecule has 1 aromatic carbocycles. The fourth-order valence-corrected chi connectivity index (χ4v) is 3.08. The molecular weight excluding hydrogens is 270 g/mol. The molecule has 1 aromatic heterocycles. The maximum Gasteiger partial charge on any atom is 0.221 e. The lowest BCUT2D eigenvalue weighted by Crippen LogP contribution is -2.08. The van der Waals surface area contributed by atoms with E-state index in [1.807, 2.05) is 38.1 Å². The monoisotopic (exact) mass is 289 g/mol. The van der Waals surface area contributed by atoms with E-state index in [0.29, 0.717) is 0 Å². The van der Waals surface area contributed by atoms with Crippen LogP contribution in [0.15, 0.2) is 24.3 Å². The summed E-state index contributed by atoms with van der Waals surface area (Å²) in [5.41, 5.74) is 2.85. The Bertz CT molecular complexity index is 621. The molecule has 0 spiro atoms. The smallest absolute Gasteiger partial charge is 0.221 e. The summed E-state index contributed by atoms with van der Waals surface area (Å²) in [6, 6.07) is 7.91. The Kier molecular flexibility index (Phi) is 4.39. The first kappa shape index (κ1) is 14.5. The van der Waals surface area contributed by atoms with Gasteiger partial charge in [-0.15, -0.1) is 11.3 Å². The maximum atomic E-state index is 11.1. The predicted molar refractivity (Wildman–Crippen MR) is 84.4 cm³/mol.